The molecule has 17 N–H and O–H groups in total. The Hall–Kier alpha value is -11.0. The zero-order chi connectivity index (χ0) is 79.7. The average molecular weight is 1570 g/mol. The number of benzene rings is 4. The van der Waals surface area contributed by atoms with E-state index in [0.717, 1.165) is 11.1 Å². The first kappa shape index (κ1) is 82.5. The number of aromatic nitrogens is 2. The summed E-state index contributed by atoms with van der Waals surface area (Å²) in [5, 5.41) is 52.1. The van der Waals surface area contributed by atoms with Gasteiger partial charge in [0.15, 0.2) is 0 Å². The number of carbonyl (C=O) groups excluding carboxylic acids is 13. The van der Waals surface area contributed by atoms with Crippen LogP contribution in [0.1, 0.15) is 107 Å². The van der Waals surface area contributed by atoms with Crippen LogP contribution in [-0.4, -0.2) is 205 Å². The number of rotatable bonds is 10. The number of aliphatic hydroxyl groups is 1. The third kappa shape index (κ3) is 22.2. The standard InChI is InChI=1S/C77H95N15O17S2/c1-39(2)64-75(106)87-57(30-63(96)97)68(99)81-33-62(95)83-55(28-46-31-79-51-14-8-6-12-49(46)51)71(102)90-65(40(3)4)77(108)92-23-11-17-60(92)74(105)88-58(67(78)98)37-110-35-44-24-43-25-45(26-44)36-111-38-59(82-41(5)93)73(104)91-66-61(94)18-10-16-53(84-76(66)107)69(100)85-54(27-42-19-21-48(22-20-42)109-34-43)70(101)86-56(72(103)89-64)29-47-32-80-52-15-9-7-13-50(47)52/h6-9,12-15,19-22,24-26,31-32,39-40,53-61,64-66,79-80,94H,10-11,16-18,23,27-30,33-38H2,1-5H3,(H2,78,98)(H,81,99)(H,82,93)(H,83,95)(H,84,107)(H,85,100)(H,86,101)(H,87,106)(H,88,105)(H,89,103)(H,90,102)(H,91,104)(H,96,97)/t53-,54-,55-,56-,57-,58-,59-,60-,61+,64-,65-,66-/m0/s1. The maximum absolute atomic E-state index is 15.3. The number of H-pyrrole nitrogens is 2. The first-order chi connectivity index (χ1) is 53.0. The van der Waals surface area contributed by atoms with E-state index in [1.165, 1.54) is 35.3 Å². The Bertz CT molecular complexity index is 4470. The Labute approximate surface area is 648 Å². The largest absolute Gasteiger partial charge is 0.489 e. The van der Waals surface area contributed by atoms with Crippen molar-refractivity contribution in [3.63, 3.8) is 0 Å². The quantitative estimate of drug-likeness (QED) is 0.0832. The van der Waals surface area contributed by atoms with Crippen molar-refractivity contribution in [3.8, 4) is 5.75 Å². The molecule has 6 aliphatic heterocycles. The number of nitrogens with zero attached hydrogens (tertiary/aromatic N) is 1. The predicted molar refractivity (Wildman–Crippen MR) is 411 cm³/mol. The molecule has 4 aromatic carbocycles. The molecular formula is C77H95N15O17S2. The van der Waals surface area contributed by atoms with Crippen LogP contribution in [0.25, 0.3) is 21.8 Å². The molecular weight excluding hydrogens is 1470 g/mol. The molecule has 12 rings (SSSR count). The molecule has 2 aromatic heterocycles. The molecule has 2 fully saturated rings. The van der Waals surface area contributed by atoms with E-state index in [4.69, 9.17) is 10.5 Å². The minimum atomic E-state index is -1.89. The van der Waals surface area contributed by atoms with E-state index in [1.807, 2.05) is 18.2 Å². The van der Waals surface area contributed by atoms with Crippen LogP contribution in [0.15, 0.2) is 103 Å². The number of aromatic amines is 2. The number of hydrogen-bond donors (Lipinski definition) is 16. The highest BCUT2D eigenvalue weighted by molar-refractivity contribution is 7.98. The highest BCUT2D eigenvalue weighted by atomic mass is 32.2. The van der Waals surface area contributed by atoms with Crippen LogP contribution in [-0.2, 0) is 104 Å². The summed E-state index contributed by atoms with van der Waals surface area (Å²) in [7, 11) is 0. The summed E-state index contributed by atoms with van der Waals surface area (Å²) >= 11 is 2.54. The third-order valence-electron chi connectivity index (χ3n) is 19.8. The van der Waals surface area contributed by atoms with Gasteiger partial charge < -0.3 is 94.0 Å². The lowest BCUT2D eigenvalue weighted by Crippen LogP contribution is -2.63. The predicted octanol–water partition coefficient (Wildman–Crippen LogP) is 0.542. The third-order valence-corrected chi connectivity index (χ3v) is 22.0. The Kier molecular flexibility index (Phi) is 28.3. The molecule has 0 unspecified atom stereocenters. The maximum Gasteiger partial charge on any atom is 0.305 e. The summed E-state index contributed by atoms with van der Waals surface area (Å²) in [4.78, 5) is 207. The summed E-state index contributed by atoms with van der Waals surface area (Å²) in [6.07, 6.45) is 0.737. The van der Waals surface area contributed by atoms with E-state index >= 15 is 9.59 Å². The number of aliphatic hydroxyl groups excluding tert-OH is 1. The Morgan fingerprint density at radius 2 is 1.15 bits per heavy atom. The zero-order valence-electron chi connectivity index (χ0n) is 62.1. The highest BCUT2D eigenvalue weighted by Gasteiger charge is 2.43. The number of amides is 13. The molecule has 0 radical (unpaired) electrons. The number of hydrogen-bond acceptors (Lipinski definition) is 18. The topological polar surface area (TPSA) is 482 Å². The monoisotopic (exact) mass is 1570 g/mol. The van der Waals surface area contributed by atoms with Crippen molar-refractivity contribution < 1.29 is 82.1 Å². The maximum atomic E-state index is 15.3. The van der Waals surface area contributed by atoms with Gasteiger partial charge in [0.2, 0.25) is 76.8 Å². The van der Waals surface area contributed by atoms with Gasteiger partial charge in [-0.25, -0.2) is 0 Å². The molecule has 8 bridgehead atoms. The van der Waals surface area contributed by atoms with Gasteiger partial charge in [-0.15, -0.1) is 0 Å². The number of primary amides is 1. The first-order valence-corrected chi connectivity index (χ1v) is 39.2. The van der Waals surface area contributed by atoms with Crippen LogP contribution in [0.2, 0.25) is 0 Å². The summed E-state index contributed by atoms with van der Waals surface area (Å²) in [5.41, 5.74) is 11.1. The second-order valence-electron chi connectivity index (χ2n) is 29.0. The van der Waals surface area contributed by atoms with E-state index in [9.17, 15) is 67.7 Å². The van der Waals surface area contributed by atoms with Crippen molar-refractivity contribution in [2.24, 2.45) is 17.6 Å². The van der Waals surface area contributed by atoms with E-state index < -0.39 is 180 Å². The highest BCUT2D eigenvalue weighted by Crippen LogP contribution is 2.28. The van der Waals surface area contributed by atoms with Crippen LogP contribution in [0.3, 0.4) is 0 Å². The Morgan fingerprint density at radius 3 is 1.77 bits per heavy atom. The van der Waals surface area contributed by atoms with Gasteiger partial charge in [-0.05, 0) is 102 Å². The van der Waals surface area contributed by atoms with Crippen molar-refractivity contribution in [2.75, 3.05) is 24.6 Å². The van der Waals surface area contributed by atoms with Crippen LogP contribution in [0, 0.1) is 11.8 Å². The average Bonchev–Trinajstić information content (AvgIpc) is 1.73. The van der Waals surface area contributed by atoms with Gasteiger partial charge in [0, 0.05) is 89.9 Å². The molecule has 2 saturated heterocycles. The Morgan fingerprint density at radius 1 is 0.577 bits per heavy atom. The number of para-hydroxylation sites is 2. The summed E-state index contributed by atoms with van der Waals surface area (Å²) in [6.45, 7) is 6.91. The molecule has 6 aromatic rings. The van der Waals surface area contributed by atoms with E-state index in [-0.39, 0.29) is 81.1 Å². The SMILES string of the molecule is CC(=O)N[C@H]1CSCc2cc3cc(c2)CSC[C@@H](C(N)=O)NC(=O)[C@@H]2CCCN2C(=O)[C@H](C(C)C)NC(=O)[C@H](Cc2c[nH]c4ccccc24)NC(=O)CNC(=O)[C@H](CC(=O)O)NC(=O)[C@H](C(C)C)NC(=O)[C@H](Cc2c[nH]c4ccccc24)NC(=O)[C@H](Cc2ccc(cc2)OC3)NC(=O)[C@@H]2CCC[C@@H](O)[C@H](NC1=O)C(=O)N2. The number of ether oxygens (including phenoxy) is 1. The summed E-state index contributed by atoms with van der Waals surface area (Å²) in [6, 6.07) is 10.7. The molecule has 32 nitrogen and oxygen atoms in total. The van der Waals surface area contributed by atoms with E-state index in [0.29, 0.717) is 56.2 Å². The molecule has 6 aliphatic rings. The number of carboxylic acids is 1. The van der Waals surface area contributed by atoms with Crippen LogP contribution < -0.4 is 69.0 Å². The second kappa shape index (κ2) is 38.1. The van der Waals surface area contributed by atoms with Crippen molar-refractivity contribution in [1.29, 1.82) is 0 Å². The molecule has 12 atom stereocenters. The molecule has 592 valence electrons. The lowest BCUT2D eigenvalue weighted by Gasteiger charge is -2.32. The van der Waals surface area contributed by atoms with Crippen molar-refractivity contribution in [1.82, 2.24) is 73.4 Å². The second-order valence-corrected chi connectivity index (χ2v) is 31.0. The lowest BCUT2D eigenvalue weighted by molar-refractivity contribution is -0.143. The molecule has 0 spiro atoms. The van der Waals surface area contributed by atoms with Crippen molar-refractivity contribution >= 4 is 128 Å². The van der Waals surface area contributed by atoms with Gasteiger partial charge in [0.1, 0.15) is 78.8 Å². The van der Waals surface area contributed by atoms with E-state index in [2.05, 4.69) is 68.5 Å². The van der Waals surface area contributed by atoms with Crippen LogP contribution >= 0.6 is 23.5 Å². The zero-order valence-corrected chi connectivity index (χ0v) is 63.7. The fraction of sp³-hybridized carbons (Fsp3) is 0.455. The minimum absolute atomic E-state index is 0.00278. The molecule has 0 aliphatic carbocycles. The molecule has 34 heteroatoms. The van der Waals surface area contributed by atoms with Gasteiger partial charge in [-0.2, -0.15) is 23.5 Å². The van der Waals surface area contributed by atoms with Crippen LogP contribution in [0.4, 0.5) is 0 Å². The smallest absolute Gasteiger partial charge is 0.305 e. The van der Waals surface area contributed by atoms with Gasteiger partial charge in [0.05, 0.1) is 19.1 Å². The Balaban J connectivity index is 1.01. The lowest BCUT2D eigenvalue weighted by atomic mass is 9.96. The van der Waals surface area contributed by atoms with Gasteiger partial charge in [-0.1, -0.05) is 94.4 Å². The van der Waals surface area contributed by atoms with Crippen molar-refractivity contribution in [2.45, 2.75) is 183 Å². The van der Waals surface area contributed by atoms with Crippen LogP contribution in [0.5, 0.6) is 5.75 Å². The number of fused-ring (bicyclic) bond motifs is 31. The number of carbonyl (C=O) groups is 14. The number of nitrogens with two attached hydrogens (primary N) is 1. The number of nitrogens with one attached hydrogen (secondary N) is 13. The summed E-state index contributed by atoms with van der Waals surface area (Å²) in [5.74, 6) is -13.3. The number of aliphatic carboxylic acids is 1. The summed E-state index contributed by atoms with van der Waals surface area (Å²) < 4.78 is 6.38. The number of carboxylic acid groups (broad SMARTS) is 1. The van der Waals surface area contributed by atoms with Crippen molar-refractivity contribution in [3.05, 3.63) is 137 Å². The molecule has 13 amide bonds. The van der Waals surface area contributed by atoms with Gasteiger partial charge in [0.25, 0.3) is 0 Å². The van der Waals surface area contributed by atoms with Gasteiger partial charge >= 0.3 is 5.97 Å². The van der Waals surface area contributed by atoms with Gasteiger partial charge in [-0.3, -0.25) is 67.1 Å². The fourth-order valence-corrected chi connectivity index (χ4v) is 15.9. The molecule has 8 heterocycles. The molecule has 111 heavy (non-hydrogen) atoms. The first-order valence-electron chi connectivity index (χ1n) is 36.9. The fourth-order valence-electron chi connectivity index (χ4n) is 13.9. The normalized spacial score (nSPS) is 25.4. The minimum Gasteiger partial charge on any atom is -0.489 e. The molecule has 0 saturated carbocycles. The van der Waals surface area contributed by atoms with E-state index in [1.54, 1.807) is 113 Å². The number of thioether (sulfide) groups is 2.